The van der Waals surface area contributed by atoms with Crippen molar-refractivity contribution in [3.05, 3.63) is 60.2 Å². The van der Waals surface area contributed by atoms with Crippen molar-refractivity contribution < 1.29 is 9.53 Å². The molecule has 1 amide bonds. The Morgan fingerprint density at radius 3 is 2.96 bits per heavy atom. The first-order valence-corrected chi connectivity index (χ1v) is 8.50. The number of rotatable bonds is 3. The summed E-state index contributed by atoms with van der Waals surface area (Å²) in [5, 5.41) is 3.98. The normalized spacial score (nSPS) is 17.3. The van der Waals surface area contributed by atoms with Crippen LogP contribution in [0.15, 0.2) is 48.9 Å². The van der Waals surface area contributed by atoms with Crippen molar-refractivity contribution in [3.8, 4) is 0 Å². The van der Waals surface area contributed by atoms with Gasteiger partial charge in [-0.2, -0.15) is 0 Å². The fourth-order valence-electron chi connectivity index (χ4n) is 3.17. The van der Waals surface area contributed by atoms with Crippen molar-refractivity contribution in [3.63, 3.8) is 0 Å². The second kappa shape index (κ2) is 7.05. The van der Waals surface area contributed by atoms with Gasteiger partial charge in [-0.1, -0.05) is 6.07 Å². The number of anilines is 1. The molecule has 0 spiro atoms. The van der Waals surface area contributed by atoms with Crippen LogP contribution < -0.4 is 5.32 Å². The standard InChI is InChI=1S/C19H19N5O2/c1-20-18-17(22-7-8-23-18)16-12-24(9-10-26-16)19(25)14-4-5-15-13(11-14)3-2-6-21-15/h2-8,11,16H,9-10,12H2,1H3,(H,20,23). The first-order chi connectivity index (χ1) is 12.8. The predicted octanol–water partition coefficient (Wildman–Crippen LogP) is 2.28. The fraction of sp³-hybridized carbons (Fsp3) is 0.263. The summed E-state index contributed by atoms with van der Waals surface area (Å²) in [7, 11) is 1.79. The number of carbonyl (C=O) groups excluding carboxylic acids is 1. The molecule has 1 fully saturated rings. The van der Waals surface area contributed by atoms with Gasteiger partial charge in [0.1, 0.15) is 17.6 Å². The lowest BCUT2D eigenvalue weighted by Crippen LogP contribution is -2.42. The first kappa shape index (κ1) is 16.4. The lowest BCUT2D eigenvalue weighted by Gasteiger charge is -2.33. The Morgan fingerprint density at radius 2 is 2.08 bits per heavy atom. The molecule has 0 bridgehead atoms. The number of nitrogens with zero attached hydrogens (tertiary/aromatic N) is 4. The Morgan fingerprint density at radius 1 is 1.19 bits per heavy atom. The van der Waals surface area contributed by atoms with E-state index >= 15 is 0 Å². The molecule has 1 N–H and O–H groups in total. The molecule has 1 unspecified atom stereocenters. The molecular weight excluding hydrogens is 330 g/mol. The van der Waals surface area contributed by atoms with Crippen LogP contribution in [0.3, 0.4) is 0 Å². The van der Waals surface area contributed by atoms with E-state index in [0.29, 0.717) is 31.1 Å². The molecule has 2 aromatic heterocycles. The van der Waals surface area contributed by atoms with Gasteiger partial charge in [-0.3, -0.25) is 14.8 Å². The minimum absolute atomic E-state index is 0.0149. The molecule has 7 heteroatoms. The SMILES string of the molecule is CNc1nccnc1C1CN(C(=O)c2ccc3ncccc3c2)CCO1. The molecule has 0 saturated carbocycles. The van der Waals surface area contributed by atoms with Gasteiger partial charge in [0.15, 0.2) is 0 Å². The van der Waals surface area contributed by atoms with Crippen LogP contribution in [-0.2, 0) is 4.74 Å². The molecule has 26 heavy (non-hydrogen) atoms. The van der Waals surface area contributed by atoms with Crippen LogP contribution in [0.1, 0.15) is 22.2 Å². The van der Waals surface area contributed by atoms with Gasteiger partial charge in [0.25, 0.3) is 5.91 Å². The van der Waals surface area contributed by atoms with Crippen LogP contribution in [0.4, 0.5) is 5.82 Å². The number of benzene rings is 1. The highest BCUT2D eigenvalue weighted by molar-refractivity contribution is 5.98. The van der Waals surface area contributed by atoms with Crippen molar-refractivity contribution in [1.82, 2.24) is 19.9 Å². The summed E-state index contributed by atoms with van der Waals surface area (Å²) in [5.41, 5.74) is 2.25. The topological polar surface area (TPSA) is 80.2 Å². The third-order valence-electron chi connectivity index (χ3n) is 4.47. The zero-order valence-electron chi connectivity index (χ0n) is 14.4. The Kier molecular flexibility index (Phi) is 4.45. The van der Waals surface area contributed by atoms with Crippen molar-refractivity contribution >= 4 is 22.6 Å². The molecule has 1 aromatic carbocycles. The molecular formula is C19H19N5O2. The average molecular weight is 349 g/mol. The van der Waals surface area contributed by atoms with Gasteiger partial charge in [0.05, 0.1) is 18.7 Å². The van der Waals surface area contributed by atoms with Crippen LogP contribution >= 0.6 is 0 Å². The molecule has 7 nitrogen and oxygen atoms in total. The number of hydrogen-bond acceptors (Lipinski definition) is 6. The van der Waals surface area contributed by atoms with Crippen molar-refractivity contribution in [1.29, 1.82) is 0 Å². The van der Waals surface area contributed by atoms with Crippen LogP contribution in [0.5, 0.6) is 0 Å². The smallest absolute Gasteiger partial charge is 0.254 e. The highest BCUT2D eigenvalue weighted by Gasteiger charge is 2.28. The van der Waals surface area contributed by atoms with E-state index in [1.165, 1.54) is 0 Å². The van der Waals surface area contributed by atoms with E-state index in [4.69, 9.17) is 4.74 Å². The largest absolute Gasteiger partial charge is 0.372 e. The summed E-state index contributed by atoms with van der Waals surface area (Å²) in [5.74, 6) is 0.655. The van der Waals surface area contributed by atoms with E-state index in [1.54, 1.807) is 30.5 Å². The lowest BCUT2D eigenvalue weighted by atomic mass is 10.1. The number of aromatic nitrogens is 3. The zero-order chi connectivity index (χ0) is 17.9. The van der Waals surface area contributed by atoms with E-state index in [9.17, 15) is 4.79 Å². The zero-order valence-corrected chi connectivity index (χ0v) is 14.4. The Labute approximate surface area is 151 Å². The van der Waals surface area contributed by atoms with Crippen LogP contribution in [-0.4, -0.2) is 52.5 Å². The Bertz CT molecular complexity index is 946. The highest BCUT2D eigenvalue weighted by atomic mass is 16.5. The molecule has 3 aromatic rings. The number of amides is 1. The number of pyridine rings is 1. The number of carbonyl (C=O) groups is 1. The van der Waals surface area contributed by atoms with Gasteiger partial charge in [-0.25, -0.2) is 4.98 Å². The van der Waals surface area contributed by atoms with Crippen LogP contribution in [0.25, 0.3) is 10.9 Å². The Balaban J connectivity index is 1.57. The van der Waals surface area contributed by atoms with Crippen molar-refractivity contribution in [2.75, 3.05) is 32.1 Å². The Hall–Kier alpha value is -3.06. The lowest BCUT2D eigenvalue weighted by molar-refractivity contribution is -0.0245. The minimum atomic E-state index is -0.300. The van der Waals surface area contributed by atoms with E-state index in [2.05, 4.69) is 20.3 Å². The van der Waals surface area contributed by atoms with Gasteiger partial charge in [0.2, 0.25) is 0 Å². The minimum Gasteiger partial charge on any atom is -0.372 e. The monoisotopic (exact) mass is 349 g/mol. The maximum Gasteiger partial charge on any atom is 0.254 e. The van der Waals surface area contributed by atoms with Crippen LogP contribution in [0, 0.1) is 0 Å². The molecule has 3 heterocycles. The summed E-state index contributed by atoms with van der Waals surface area (Å²) >= 11 is 0. The molecule has 1 saturated heterocycles. The molecule has 0 radical (unpaired) electrons. The summed E-state index contributed by atoms with van der Waals surface area (Å²) in [6.07, 6.45) is 4.71. The van der Waals surface area contributed by atoms with Gasteiger partial charge in [0, 0.05) is 43.1 Å². The summed E-state index contributed by atoms with van der Waals surface area (Å²) in [6, 6.07) is 9.41. The molecule has 1 aliphatic heterocycles. The number of nitrogens with one attached hydrogen (secondary N) is 1. The highest BCUT2D eigenvalue weighted by Crippen LogP contribution is 2.26. The maximum atomic E-state index is 13.0. The number of hydrogen-bond donors (Lipinski definition) is 1. The summed E-state index contributed by atoms with van der Waals surface area (Å²) in [4.78, 5) is 27.7. The fourth-order valence-corrected chi connectivity index (χ4v) is 3.17. The molecule has 1 atom stereocenters. The second-order valence-electron chi connectivity index (χ2n) is 6.06. The van der Waals surface area contributed by atoms with Gasteiger partial charge in [-0.05, 0) is 24.3 Å². The van der Waals surface area contributed by atoms with Gasteiger partial charge in [-0.15, -0.1) is 0 Å². The summed E-state index contributed by atoms with van der Waals surface area (Å²) < 4.78 is 5.85. The predicted molar refractivity (Wildman–Crippen MR) is 97.9 cm³/mol. The van der Waals surface area contributed by atoms with E-state index < -0.39 is 0 Å². The first-order valence-electron chi connectivity index (χ1n) is 8.50. The molecule has 4 rings (SSSR count). The second-order valence-corrected chi connectivity index (χ2v) is 6.06. The van der Waals surface area contributed by atoms with Crippen LogP contribution in [0.2, 0.25) is 0 Å². The number of morpholine rings is 1. The van der Waals surface area contributed by atoms with E-state index in [0.717, 1.165) is 16.6 Å². The van der Waals surface area contributed by atoms with E-state index in [1.807, 2.05) is 30.3 Å². The third-order valence-corrected chi connectivity index (χ3v) is 4.47. The molecule has 132 valence electrons. The molecule has 0 aliphatic carbocycles. The van der Waals surface area contributed by atoms with Gasteiger partial charge >= 0.3 is 0 Å². The molecule has 1 aliphatic rings. The number of fused-ring (bicyclic) bond motifs is 1. The van der Waals surface area contributed by atoms with Crippen molar-refractivity contribution in [2.45, 2.75) is 6.10 Å². The average Bonchev–Trinajstić information content (AvgIpc) is 2.73. The van der Waals surface area contributed by atoms with Crippen molar-refractivity contribution in [2.24, 2.45) is 0 Å². The number of ether oxygens (including phenoxy) is 1. The van der Waals surface area contributed by atoms with E-state index in [-0.39, 0.29) is 12.0 Å². The quantitative estimate of drug-likeness (QED) is 0.781. The van der Waals surface area contributed by atoms with Gasteiger partial charge < -0.3 is 15.0 Å². The maximum absolute atomic E-state index is 13.0. The summed E-state index contributed by atoms with van der Waals surface area (Å²) in [6.45, 7) is 1.46. The third kappa shape index (κ3) is 3.09.